The lowest BCUT2D eigenvalue weighted by atomic mass is 10.1. The van der Waals surface area contributed by atoms with Gasteiger partial charge in [-0.1, -0.05) is 0 Å². The van der Waals surface area contributed by atoms with Crippen LogP contribution >= 0.6 is 0 Å². The minimum absolute atomic E-state index is 0.248. The molecule has 1 aliphatic rings. The minimum Gasteiger partial charge on any atom is -0.387 e. The van der Waals surface area contributed by atoms with E-state index in [0.717, 1.165) is 0 Å². The summed E-state index contributed by atoms with van der Waals surface area (Å²) in [7, 11) is 2.92. The van der Waals surface area contributed by atoms with Crippen LogP contribution in [-0.4, -0.2) is 55.6 Å². The first-order valence-electron chi connectivity index (χ1n) is 3.74. The number of hydrogen-bond acceptors (Lipinski definition) is 5. The van der Waals surface area contributed by atoms with Gasteiger partial charge in [-0.2, -0.15) is 0 Å². The predicted octanol–water partition coefficient (Wildman–Crippen LogP) is -1.27. The highest BCUT2D eigenvalue weighted by molar-refractivity contribution is 4.86. The van der Waals surface area contributed by atoms with Crippen molar-refractivity contribution in [2.45, 2.75) is 24.6 Å². The Bertz CT molecular complexity index is 140. The van der Waals surface area contributed by atoms with Crippen LogP contribution in [0.2, 0.25) is 0 Å². The van der Waals surface area contributed by atoms with Gasteiger partial charge in [0.25, 0.3) is 0 Å². The second-order valence-electron chi connectivity index (χ2n) is 2.72. The first kappa shape index (κ1) is 9.88. The van der Waals surface area contributed by atoms with Crippen molar-refractivity contribution in [3.05, 3.63) is 0 Å². The van der Waals surface area contributed by atoms with Gasteiger partial charge < -0.3 is 24.4 Å². The summed E-state index contributed by atoms with van der Waals surface area (Å²) < 4.78 is 14.7. The Morgan fingerprint density at radius 3 is 2.33 bits per heavy atom. The zero-order valence-electron chi connectivity index (χ0n) is 7.14. The van der Waals surface area contributed by atoms with Gasteiger partial charge in [0.15, 0.2) is 6.29 Å². The van der Waals surface area contributed by atoms with Crippen LogP contribution in [0.15, 0.2) is 0 Å². The maximum absolute atomic E-state index is 9.36. The van der Waals surface area contributed by atoms with E-state index in [1.165, 1.54) is 14.2 Å². The summed E-state index contributed by atoms with van der Waals surface area (Å²) in [6, 6.07) is 0. The van der Waals surface area contributed by atoms with Gasteiger partial charge in [-0.15, -0.1) is 0 Å². The van der Waals surface area contributed by atoms with E-state index in [2.05, 4.69) is 0 Å². The van der Waals surface area contributed by atoms with Gasteiger partial charge in [-0.3, -0.25) is 0 Å². The third kappa shape index (κ3) is 1.75. The molecule has 5 nitrogen and oxygen atoms in total. The van der Waals surface area contributed by atoms with Gasteiger partial charge in [0.05, 0.1) is 6.61 Å². The Morgan fingerprint density at radius 1 is 1.25 bits per heavy atom. The van der Waals surface area contributed by atoms with E-state index in [1.54, 1.807) is 0 Å². The molecule has 0 aromatic heterocycles. The van der Waals surface area contributed by atoms with Crippen molar-refractivity contribution in [1.29, 1.82) is 0 Å². The minimum atomic E-state index is -0.991. The number of ether oxygens (including phenoxy) is 3. The largest absolute Gasteiger partial charge is 0.387 e. The molecule has 2 unspecified atom stereocenters. The molecule has 0 saturated carbocycles. The standard InChI is InChI=1S/C7H14O5/c1-10-3-4-5(8)6(9)7(11-2)12-4/h4-9H,3H2,1-2H3/t4?,5-,6-,7?/m1/s1. The fourth-order valence-corrected chi connectivity index (χ4v) is 1.21. The summed E-state index contributed by atoms with van der Waals surface area (Å²) in [6.45, 7) is 0.248. The van der Waals surface area contributed by atoms with Crippen LogP contribution in [0.4, 0.5) is 0 Å². The first-order chi connectivity index (χ1) is 5.70. The van der Waals surface area contributed by atoms with E-state index in [-0.39, 0.29) is 6.61 Å². The van der Waals surface area contributed by atoms with Crippen LogP contribution in [-0.2, 0) is 14.2 Å². The molecule has 1 saturated heterocycles. The molecule has 0 amide bonds. The normalized spacial score (nSPS) is 42.0. The molecule has 0 spiro atoms. The van der Waals surface area contributed by atoms with Gasteiger partial charge in [0, 0.05) is 14.2 Å². The number of rotatable bonds is 3. The zero-order chi connectivity index (χ0) is 9.14. The summed E-state index contributed by atoms with van der Waals surface area (Å²) in [5.41, 5.74) is 0. The number of aliphatic hydroxyl groups is 2. The molecule has 0 radical (unpaired) electrons. The Hall–Kier alpha value is -0.200. The lowest BCUT2D eigenvalue weighted by Crippen LogP contribution is -2.34. The van der Waals surface area contributed by atoms with E-state index in [0.29, 0.717) is 0 Å². The van der Waals surface area contributed by atoms with Crippen molar-refractivity contribution < 1.29 is 24.4 Å². The highest BCUT2D eigenvalue weighted by Crippen LogP contribution is 2.21. The van der Waals surface area contributed by atoms with Crippen molar-refractivity contribution in [3.8, 4) is 0 Å². The molecule has 1 aliphatic heterocycles. The average molecular weight is 178 g/mol. The van der Waals surface area contributed by atoms with Crippen molar-refractivity contribution in [1.82, 2.24) is 0 Å². The van der Waals surface area contributed by atoms with Gasteiger partial charge in [0.1, 0.15) is 18.3 Å². The van der Waals surface area contributed by atoms with Gasteiger partial charge >= 0.3 is 0 Å². The summed E-state index contributed by atoms with van der Waals surface area (Å²) >= 11 is 0. The van der Waals surface area contributed by atoms with Crippen molar-refractivity contribution in [3.63, 3.8) is 0 Å². The first-order valence-corrected chi connectivity index (χ1v) is 3.74. The molecule has 0 aromatic rings. The van der Waals surface area contributed by atoms with Crippen LogP contribution in [0.1, 0.15) is 0 Å². The maximum Gasteiger partial charge on any atom is 0.186 e. The smallest absolute Gasteiger partial charge is 0.186 e. The van der Waals surface area contributed by atoms with Crippen LogP contribution in [0.5, 0.6) is 0 Å². The molecule has 1 rings (SSSR count). The van der Waals surface area contributed by atoms with Gasteiger partial charge in [-0.25, -0.2) is 0 Å². The van der Waals surface area contributed by atoms with Gasteiger partial charge in [-0.05, 0) is 0 Å². The summed E-state index contributed by atoms with van der Waals surface area (Å²) in [4.78, 5) is 0. The highest BCUT2D eigenvalue weighted by Gasteiger charge is 2.42. The molecule has 12 heavy (non-hydrogen) atoms. The molecule has 2 N–H and O–H groups in total. The number of hydrogen-bond donors (Lipinski definition) is 2. The quantitative estimate of drug-likeness (QED) is 0.563. The van der Waals surface area contributed by atoms with E-state index in [9.17, 15) is 10.2 Å². The number of methoxy groups -OCH3 is 2. The molecule has 0 aromatic carbocycles. The SMILES string of the molecule is COCC1OC(OC)[C@H](O)[C@@H]1O. The monoisotopic (exact) mass is 178 g/mol. The van der Waals surface area contributed by atoms with E-state index in [1.807, 2.05) is 0 Å². The number of aliphatic hydroxyl groups excluding tert-OH is 2. The molecule has 0 bridgehead atoms. The van der Waals surface area contributed by atoms with E-state index >= 15 is 0 Å². The molecule has 72 valence electrons. The fourth-order valence-electron chi connectivity index (χ4n) is 1.21. The summed E-state index contributed by atoms with van der Waals surface area (Å²) in [5, 5.41) is 18.7. The van der Waals surface area contributed by atoms with Crippen molar-refractivity contribution in [2.24, 2.45) is 0 Å². The van der Waals surface area contributed by atoms with Crippen LogP contribution in [0.3, 0.4) is 0 Å². The second kappa shape index (κ2) is 4.15. The Labute approximate surface area is 70.9 Å². The van der Waals surface area contributed by atoms with Crippen molar-refractivity contribution in [2.75, 3.05) is 20.8 Å². The molecule has 4 atom stereocenters. The second-order valence-corrected chi connectivity index (χ2v) is 2.72. The van der Waals surface area contributed by atoms with Gasteiger partial charge in [0.2, 0.25) is 0 Å². The summed E-state index contributed by atoms with van der Waals surface area (Å²) in [5.74, 6) is 0. The molecule has 1 heterocycles. The molecule has 0 aliphatic carbocycles. The lowest BCUT2D eigenvalue weighted by molar-refractivity contribution is -0.154. The van der Waals surface area contributed by atoms with Crippen LogP contribution in [0.25, 0.3) is 0 Å². The average Bonchev–Trinajstić information content (AvgIpc) is 2.33. The van der Waals surface area contributed by atoms with Crippen molar-refractivity contribution >= 4 is 0 Å². The summed E-state index contributed by atoms with van der Waals surface area (Å²) in [6.07, 6.45) is -3.18. The molecule has 1 fully saturated rings. The van der Waals surface area contributed by atoms with Crippen LogP contribution < -0.4 is 0 Å². The Balaban J connectivity index is 2.48. The lowest BCUT2D eigenvalue weighted by Gasteiger charge is -2.11. The van der Waals surface area contributed by atoms with E-state index in [4.69, 9.17) is 14.2 Å². The maximum atomic E-state index is 9.36. The zero-order valence-corrected chi connectivity index (χ0v) is 7.14. The topological polar surface area (TPSA) is 68.2 Å². The van der Waals surface area contributed by atoms with Crippen LogP contribution in [0, 0.1) is 0 Å². The molecular formula is C7H14O5. The van der Waals surface area contributed by atoms with E-state index < -0.39 is 24.6 Å². The molecular weight excluding hydrogens is 164 g/mol. The predicted molar refractivity (Wildman–Crippen MR) is 39.6 cm³/mol. The highest BCUT2D eigenvalue weighted by atomic mass is 16.7. The molecule has 5 heteroatoms. The third-order valence-corrected chi connectivity index (χ3v) is 1.88. The Kier molecular flexibility index (Phi) is 3.42. The third-order valence-electron chi connectivity index (χ3n) is 1.88. The Morgan fingerprint density at radius 2 is 1.92 bits per heavy atom. The fraction of sp³-hybridized carbons (Fsp3) is 1.00.